The summed E-state index contributed by atoms with van der Waals surface area (Å²) in [7, 11) is 0. The second-order valence-corrected chi connectivity index (χ2v) is 34.2. The quantitative estimate of drug-likeness (QED) is 0.0260. The van der Waals surface area contributed by atoms with Gasteiger partial charge in [0.15, 0.2) is 22.6 Å². The minimum atomic E-state index is -4.55. The number of aliphatic hydroxyl groups excluding tert-OH is 2. The molecule has 0 bridgehead atoms. The van der Waals surface area contributed by atoms with Gasteiger partial charge in [0.25, 0.3) is 16.7 Å². The fourth-order valence-corrected chi connectivity index (χ4v) is 17.4. The lowest BCUT2D eigenvalue weighted by molar-refractivity contribution is -0.0571. The summed E-state index contributed by atoms with van der Waals surface area (Å²) < 4.78 is 84.2. The topological polar surface area (TPSA) is 571 Å². The molecule has 0 aromatic carbocycles. The molecule has 0 aliphatic carbocycles. The summed E-state index contributed by atoms with van der Waals surface area (Å²) in [6.45, 7) is -18.1. The Labute approximate surface area is 574 Å². The van der Waals surface area contributed by atoms with Crippen LogP contribution in [-0.2, 0) is 107 Å². The summed E-state index contributed by atoms with van der Waals surface area (Å²) in [6, 6.07) is 1.32. The van der Waals surface area contributed by atoms with Crippen LogP contribution in [-0.4, -0.2) is 192 Å². The number of aryl methyl sites for hydroxylation is 2. The number of H-pyrrole nitrogens is 3. The lowest BCUT2D eigenvalue weighted by Gasteiger charge is -2.28. The highest BCUT2D eigenvalue weighted by atomic mass is 32.5. The third-order valence-corrected chi connectivity index (χ3v) is 22.7. The molecule has 7 aromatic rings. The Balaban J connectivity index is 0.734. The van der Waals surface area contributed by atoms with Crippen LogP contribution in [0.5, 0.6) is 0 Å². The van der Waals surface area contributed by atoms with Crippen LogP contribution in [0.3, 0.4) is 0 Å². The third-order valence-electron chi connectivity index (χ3n) is 16.3. The van der Waals surface area contributed by atoms with Crippen molar-refractivity contribution in [1.29, 1.82) is 0 Å². The summed E-state index contributed by atoms with van der Waals surface area (Å²) in [5.41, 5.74) is 14.0. The molecule has 5 aliphatic heterocycles. The first-order chi connectivity index (χ1) is 46.8. The van der Waals surface area contributed by atoms with Gasteiger partial charge in [0.1, 0.15) is 79.3 Å². The van der Waals surface area contributed by atoms with E-state index in [1.165, 1.54) is 66.6 Å². The van der Waals surface area contributed by atoms with Crippen LogP contribution in [0.15, 0.2) is 72.4 Å². The summed E-state index contributed by atoms with van der Waals surface area (Å²) in [5, 5.41) is 21.2. The van der Waals surface area contributed by atoms with Gasteiger partial charge in [0, 0.05) is 61.8 Å². The van der Waals surface area contributed by atoms with Crippen LogP contribution in [0.1, 0.15) is 74.4 Å². The number of aromatic amines is 3. The number of nitrogens with two attached hydrogens (primary N) is 3. The highest BCUT2D eigenvalue weighted by molar-refractivity contribution is 8.08. The summed E-state index contributed by atoms with van der Waals surface area (Å²) in [4.78, 5) is 154. The number of ether oxygens (including phenoxy) is 5. The maximum Gasteiger partial charge on any atom is 0.351 e. The number of imidazole rings is 2. The van der Waals surface area contributed by atoms with E-state index < -0.39 is 186 Å². The molecule has 12 heterocycles. The van der Waals surface area contributed by atoms with Crippen molar-refractivity contribution in [3.05, 3.63) is 117 Å². The van der Waals surface area contributed by atoms with E-state index in [1.54, 1.807) is 0 Å². The SMILES string of the molecule is Cc1cn([C@H]2C[C@H](OP(O)(=S)OC[C@H]3O[C@@H](n4cc(C)c(=O)[nH]c4=O)C[C@@H]3O)[C@@H](COP(O)(=S)O[C@H]3C[C@H](n4cnc5c(N)ncnc54)O[C@@H]3COP(O)(=S)O[C@H]3C[C@H](n4ccc(N)nc4=O)O[C@@H]3COP(O)(=S)O[C@H]3C[C@H](n4cnc5c(=O)[nH]c(N)nc54)O[C@@H]3CO)O2)c(=O)[nH]c1=O. The van der Waals surface area contributed by atoms with Crippen molar-refractivity contribution in [2.75, 3.05) is 50.2 Å². The summed E-state index contributed by atoms with van der Waals surface area (Å²) >= 11 is 22.0. The first-order valence-electron chi connectivity index (χ1n) is 29.6. The number of nitrogens with one attached hydrogen (secondary N) is 3. The first kappa shape index (κ1) is 73.1. The number of hydrogen-bond donors (Lipinski definition) is 12. The number of aliphatic hydroxyl groups is 2. The van der Waals surface area contributed by atoms with E-state index in [9.17, 15) is 58.6 Å². The Hall–Kier alpha value is -5.62. The Kier molecular flexibility index (Phi) is 21.6. The fourth-order valence-electron chi connectivity index (χ4n) is 11.5. The minimum absolute atomic E-state index is 0.0287. The molecule has 4 unspecified atom stereocenters. The van der Waals surface area contributed by atoms with Gasteiger partial charge in [0.2, 0.25) is 5.95 Å². The predicted octanol–water partition coefficient (Wildman–Crippen LogP) is -2.05. The Bertz CT molecular complexity index is 4790. The molecule has 0 spiro atoms. The molecule has 19 atom stereocenters. The van der Waals surface area contributed by atoms with Gasteiger partial charge in [-0.15, -0.1) is 0 Å². The van der Waals surface area contributed by atoms with Crippen molar-refractivity contribution in [1.82, 2.24) is 67.7 Å². The maximum absolute atomic E-state index is 13.2. The molecule has 0 radical (unpaired) electrons. The molecule has 7 aromatic heterocycles. The van der Waals surface area contributed by atoms with E-state index in [2.05, 4.69) is 44.9 Å². The van der Waals surface area contributed by atoms with Gasteiger partial charge < -0.3 is 107 Å². The van der Waals surface area contributed by atoms with Crippen LogP contribution in [0.4, 0.5) is 17.6 Å². The molecule has 5 saturated heterocycles. The first-order valence-corrected chi connectivity index (χ1v) is 40.0. The van der Waals surface area contributed by atoms with Crippen LogP contribution < -0.4 is 50.9 Å². The molecule has 0 saturated carbocycles. The highest BCUT2D eigenvalue weighted by Gasteiger charge is 2.48. The van der Waals surface area contributed by atoms with E-state index in [0.717, 1.165) is 13.7 Å². The van der Waals surface area contributed by atoms with Gasteiger partial charge in [-0.2, -0.15) is 9.97 Å². The number of rotatable bonds is 26. The second kappa shape index (κ2) is 29.3. The molecular weight excluding hydrogens is 1480 g/mol. The molecule has 0 amide bonds. The van der Waals surface area contributed by atoms with Gasteiger partial charge in [0.05, 0.1) is 76.2 Å². The maximum atomic E-state index is 13.2. The molecule has 12 rings (SSSR count). The molecule has 42 nitrogen and oxygen atoms in total. The number of nitrogen functional groups attached to an aromatic ring is 3. The van der Waals surface area contributed by atoms with Gasteiger partial charge in [-0.05, 0) is 67.1 Å². The third kappa shape index (κ3) is 16.6. The zero-order valence-corrected chi connectivity index (χ0v) is 58.1. The predicted molar refractivity (Wildman–Crippen MR) is 352 cm³/mol. The Morgan fingerprint density at radius 3 is 1.42 bits per heavy atom. The number of nitrogens with zero attached hydrogens (tertiary/aromatic N) is 11. The zero-order chi connectivity index (χ0) is 70.8. The number of aromatic nitrogens is 14. The van der Waals surface area contributed by atoms with E-state index in [1.807, 2.05) is 0 Å². The van der Waals surface area contributed by atoms with Gasteiger partial charge in [-0.25, -0.2) is 34.3 Å². The highest BCUT2D eigenvalue weighted by Crippen LogP contribution is 2.55. The molecule has 15 N–H and O–H groups in total. The molecule has 538 valence electrons. The Morgan fingerprint density at radius 1 is 0.525 bits per heavy atom. The van der Waals surface area contributed by atoms with Crippen molar-refractivity contribution in [3.63, 3.8) is 0 Å². The van der Waals surface area contributed by atoms with E-state index in [-0.39, 0.29) is 83.1 Å². The van der Waals surface area contributed by atoms with E-state index >= 15 is 0 Å². The van der Waals surface area contributed by atoms with E-state index in [4.69, 9.17) is 124 Å². The summed E-state index contributed by atoms with van der Waals surface area (Å²) in [6.07, 6.45) is -11.4. The zero-order valence-electron chi connectivity index (χ0n) is 51.3. The van der Waals surface area contributed by atoms with Crippen LogP contribution >= 0.6 is 26.9 Å². The Morgan fingerprint density at radius 2 is 0.939 bits per heavy atom. The van der Waals surface area contributed by atoms with Crippen molar-refractivity contribution >= 4 is 114 Å². The van der Waals surface area contributed by atoms with Gasteiger partial charge in [-0.1, -0.05) is 0 Å². The smallest absolute Gasteiger partial charge is 0.351 e. The normalized spacial score (nSPS) is 29.7. The molecule has 5 fully saturated rings. The number of anilines is 3. The molecular formula is C49H63N17O25P4S4. The minimum Gasteiger partial charge on any atom is -0.394 e. The van der Waals surface area contributed by atoms with Crippen molar-refractivity contribution < 1.29 is 89.7 Å². The average molecular weight is 1540 g/mol. The lowest BCUT2D eigenvalue weighted by Crippen LogP contribution is -2.33. The van der Waals surface area contributed by atoms with Crippen molar-refractivity contribution in [2.45, 2.75) is 138 Å². The van der Waals surface area contributed by atoms with Crippen molar-refractivity contribution in [2.24, 2.45) is 0 Å². The van der Waals surface area contributed by atoms with Gasteiger partial charge in [-0.3, -0.25) is 52.2 Å². The largest absolute Gasteiger partial charge is 0.394 e. The standard InChI is InChI=1S/C49H63N17O25P4S4/c1-20-10-63(48(73)60-43(20)69)33-5-22(68)28(84-33)13-79-92(75,96)90-25-8-35(64-11-21(2)44(70)61-49(64)74)86-30(25)15-81-95(78,99)91-26-9-36(65-18-55-38-40(51)53-17-54-41(38)65)87-31(26)16-82-94(77,98)89-24-7-34(62-4-3-32(50)57-47(62)72)85-29(24)14-80-93(76,97)88-23-6-37(83-27(23)12-67)66-19-56-39-42(66)58-46(52)59-45(39)71/h3-4,10-11,17-19,22-31,33-37,67-68H,5-9,12-16H2,1-2H3,(H,75,96)(H,76,97)(H,77,98)(H,78,99)(H2,50,57,72)(H2,51,53,54)(H,60,69,73)(H,61,70,74)(H3,52,58,59,71)/t22-,23-,24-,25-,26-,27+,28+,29+,30+,31+,33+,34+,35+,36+,37+,92?,93?,94?,95?/m0/s1. The lowest BCUT2D eigenvalue weighted by atomic mass is 10.2. The molecule has 5 aliphatic rings. The van der Waals surface area contributed by atoms with Crippen molar-refractivity contribution in [3.8, 4) is 0 Å². The van der Waals surface area contributed by atoms with E-state index in [0.29, 0.717) is 0 Å². The van der Waals surface area contributed by atoms with Crippen LogP contribution in [0.2, 0.25) is 0 Å². The second-order valence-electron chi connectivity index (χ2n) is 23.1. The molecule has 50 heteroatoms. The van der Waals surface area contributed by atoms with Gasteiger partial charge >= 0.3 is 43.9 Å². The molecule has 99 heavy (non-hydrogen) atoms. The van der Waals surface area contributed by atoms with Crippen LogP contribution in [0.25, 0.3) is 22.3 Å². The van der Waals surface area contributed by atoms with Crippen LogP contribution in [0, 0.1) is 13.8 Å². The summed E-state index contributed by atoms with van der Waals surface area (Å²) in [5.74, 6) is -0.275. The monoisotopic (exact) mass is 1540 g/mol. The number of hydrogen-bond acceptors (Lipinski definition) is 34. The average Bonchev–Trinajstić information content (AvgIpc) is 1.66. The number of fused-ring (bicyclic) bond motifs is 2. The fraction of sp³-hybridized carbons (Fsp3) is 0.551.